The number of benzene rings is 1. The molecule has 0 saturated heterocycles. The summed E-state index contributed by atoms with van der Waals surface area (Å²) >= 11 is 0. The highest BCUT2D eigenvalue weighted by atomic mass is 32.2. The molecule has 0 saturated carbocycles. The summed E-state index contributed by atoms with van der Waals surface area (Å²) in [6.45, 7) is 14.5. The molecule has 0 aliphatic rings. The SMILES string of the molecule is CC(C)C(C)(C)c1cc(C(C)(C)C)cc(S(=O)(=O)O)c1. The van der Waals surface area contributed by atoms with Gasteiger partial charge in [-0.1, -0.05) is 54.5 Å². The van der Waals surface area contributed by atoms with Crippen LogP contribution in [0.3, 0.4) is 0 Å². The molecule has 0 amide bonds. The molecule has 114 valence electrons. The molecule has 0 aliphatic heterocycles. The highest BCUT2D eigenvalue weighted by Gasteiger charge is 2.28. The molecule has 20 heavy (non-hydrogen) atoms. The average molecular weight is 298 g/mol. The first kappa shape index (κ1) is 17.2. The van der Waals surface area contributed by atoms with Crippen LogP contribution in [0.1, 0.15) is 59.6 Å². The van der Waals surface area contributed by atoms with Gasteiger partial charge in [-0.3, -0.25) is 4.55 Å². The van der Waals surface area contributed by atoms with Crippen molar-refractivity contribution < 1.29 is 13.0 Å². The van der Waals surface area contributed by atoms with Crippen LogP contribution < -0.4 is 0 Å². The topological polar surface area (TPSA) is 54.4 Å². The van der Waals surface area contributed by atoms with Crippen molar-refractivity contribution in [2.75, 3.05) is 0 Å². The Hall–Kier alpha value is -0.870. The molecule has 0 aliphatic carbocycles. The molecule has 1 N–H and O–H groups in total. The van der Waals surface area contributed by atoms with Gasteiger partial charge in [0.05, 0.1) is 4.90 Å². The van der Waals surface area contributed by atoms with Crippen LogP contribution in [0.25, 0.3) is 0 Å². The van der Waals surface area contributed by atoms with Gasteiger partial charge in [0.2, 0.25) is 0 Å². The van der Waals surface area contributed by atoms with Crippen molar-refractivity contribution >= 4 is 10.1 Å². The van der Waals surface area contributed by atoms with E-state index in [-0.39, 0.29) is 15.7 Å². The molecule has 0 spiro atoms. The molecule has 0 unspecified atom stereocenters. The maximum atomic E-state index is 11.5. The minimum atomic E-state index is -4.19. The van der Waals surface area contributed by atoms with Crippen LogP contribution in [-0.4, -0.2) is 13.0 Å². The minimum Gasteiger partial charge on any atom is -0.282 e. The number of rotatable bonds is 3. The largest absolute Gasteiger partial charge is 0.294 e. The lowest BCUT2D eigenvalue weighted by molar-refractivity contribution is 0.370. The molecule has 1 aromatic carbocycles. The van der Waals surface area contributed by atoms with Crippen molar-refractivity contribution in [3.05, 3.63) is 29.3 Å². The zero-order valence-electron chi connectivity index (χ0n) is 13.5. The van der Waals surface area contributed by atoms with Crippen molar-refractivity contribution in [3.63, 3.8) is 0 Å². The van der Waals surface area contributed by atoms with Crippen LogP contribution in [0.2, 0.25) is 0 Å². The van der Waals surface area contributed by atoms with Gasteiger partial charge in [0, 0.05) is 0 Å². The van der Waals surface area contributed by atoms with Crippen molar-refractivity contribution in [3.8, 4) is 0 Å². The van der Waals surface area contributed by atoms with Gasteiger partial charge in [-0.25, -0.2) is 0 Å². The summed E-state index contributed by atoms with van der Waals surface area (Å²) in [5.74, 6) is 0.354. The Morgan fingerprint density at radius 1 is 0.950 bits per heavy atom. The van der Waals surface area contributed by atoms with E-state index in [1.165, 1.54) is 0 Å². The molecular formula is C16H26O3S. The van der Waals surface area contributed by atoms with E-state index in [1.54, 1.807) is 12.1 Å². The maximum absolute atomic E-state index is 11.5. The van der Waals surface area contributed by atoms with E-state index in [9.17, 15) is 13.0 Å². The van der Waals surface area contributed by atoms with Gasteiger partial charge in [0.15, 0.2) is 0 Å². The lowest BCUT2D eigenvalue weighted by atomic mass is 9.73. The first-order valence-electron chi connectivity index (χ1n) is 6.90. The van der Waals surface area contributed by atoms with Gasteiger partial charge in [-0.05, 0) is 40.0 Å². The Morgan fingerprint density at radius 3 is 1.75 bits per heavy atom. The van der Waals surface area contributed by atoms with Crippen LogP contribution >= 0.6 is 0 Å². The van der Waals surface area contributed by atoms with Crippen LogP contribution in [-0.2, 0) is 20.9 Å². The number of hydrogen-bond donors (Lipinski definition) is 1. The second kappa shape index (κ2) is 5.15. The third kappa shape index (κ3) is 3.61. The monoisotopic (exact) mass is 298 g/mol. The first-order chi connectivity index (χ1) is 8.76. The molecule has 3 nitrogen and oxygen atoms in total. The highest BCUT2D eigenvalue weighted by molar-refractivity contribution is 7.85. The summed E-state index contributed by atoms with van der Waals surface area (Å²) in [5.41, 5.74) is 1.51. The first-order valence-corrected chi connectivity index (χ1v) is 8.34. The van der Waals surface area contributed by atoms with Gasteiger partial charge < -0.3 is 0 Å². The normalized spacial score (nSPS) is 13.8. The summed E-state index contributed by atoms with van der Waals surface area (Å²) in [6, 6.07) is 5.20. The third-order valence-corrected chi connectivity index (χ3v) is 5.09. The average Bonchev–Trinajstić information content (AvgIpc) is 2.25. The fraction of sp³-hybridized carbons (Fsp3) is 0.625. The van der Waals surface area contributed by atoms with E-state index in [2.05, 4.69) is 33.8 Å². The van der Waals surface area contributed by atoms with Crippen molar-refractivity contribution in [1.29, 1.82) is 0 Å². The zero-order valence-corrected chi connectivity index (χ0v) is 14.3. The minimum absolute atomic E-state index is 0.0198. The lowest BCUT2D eigenvalue weighted by Gasteiger charge is -2.32. The van der Waals surface area contributed by atoms with Crippen LogP contribution in [0.4, 0.5) is 0 Å². The molecular weight excluding hydrogens is 272 g/mol. The molecule has 0 atom stereocenters. The van der Waals surface area contributed by atoms with E-state index in [1.807, 2.05) is 20.8 Å². The molecule has 0 heterocycles. The smallest absolute Gasteiger partial charge is 0.282 e. The van der Waals surface area contributed by atoms with Crippen LogP contribution in [0, 0.1) is 5.92 Å². The van der Waals surface area contributed by atoms with Crippen molar-refractivity contribution in [2.24, 2.45) is 5.92 Å². The Balaban J connectivity index is 3.63. The van der Waals surface area contributed by atoms with E-state index in [4.69, 9.17) is 0 Å². The van der Waals surface area contributed by atoms with E-state index in [0.29, 0.717) is 5.92 Å². The van der Waals surface area contributed by atoms with Crippen LogP contribution in [0.5, 0.6) is 0 Å². The Labute approximate surface area is 123 Å². The Kier molecular flexibility index (Phi) is 4.43. The van der Waals surface area contributed by atoms with Crippen molar-refractivity contribution in [2.45, 2.75) is 64.2 Å². The zero-order chi connectivity index (χ0) is 15.9. The van der Waals surface area contributed by atoms with Gasteiger partial charge in [0.1, 0.15) is 0 Å². The third-order valence-electron chi connectivity index (χ3n) is 4.26. The van der Waals surface area contributed by atoms with Gasteiger partial charge in [-0.2, -0.15) is 8.42 Å². The number of hydrogen-bond acceptors (Lipinski definition) is 2. The molecule has 1 rings (SSSR count). The molecule has 0 bridgehead atoms. The predicted octanol–water partition coefficient (Wildman–Crippen LogP) is 4.16. The second-order valence-electron chi connectivity index (χ2n) is 7.35. The molecule has 4 heteroatoms. The summed E-state index contributed by atoms with van der Waals surface area (Å²) in [7, 11) is -4.19. The van der Waals surface area contributed by atoms with Gasteiger partial charge >= 0.3 is 0 Å². The maximum Gasteiger partial charge on any atom is 0.294 e. The van der Waals surface area contributed by atoms with E-state index >= 15 is 0 Å². The standard InChI is InChI=1S/C16H26O3S/c1-11(2)16(6,7)13-8-12(15(3,4)5)9-14(10-13)20(17,18)19/h8-11H,1-7H3,(H,17,18,19). The second-order valence-corrected chi connectivity index (χ2v) is 8.77. The molecule has 1 aromatic rings. The van der Waals surface area contributed by atoms with Crippen LogP contribution in [0.15, 0.2) is 23.1 Å². The highest BCUT2D eigenvalue weighted by Crippen LogP contribution is 2.35. The summed E-state index contributed by atoms with van der Waals surface area (Å²) in [4.78, 5) is -0.0198. The molecule has 0 fully saturated rings. The quantitative estimate of drug-likeness (QED) is 0.852. The van der Waals surface area contributed by atoms with Gasteiger partial charge in [0.25, 0.3) is 10.1 Å². The summed E-state index contributed by atoms with van der Waals surface area (Å²) in [6.07, 6.45) is 0. The summed E-state index contributed by atoms with van der Waals surface area (Å²) in [5, 5.41) is 0. The van der Waals surface area contributed by atoms with Crippen molar-refractivity contribution in [1.82, 2.24) is 0 Å². The fourth-order valence-electron chi connectivity index (χ4n) is 1.89. The molecule has 0 aromatic heterocycles. The fourth-order valence-corrected chi connectivity index (χ4v) is 2.44. The van der Waals surface area contributed by atoms with E-state index < -0.39 is 10.1 Å². The lowest BCUT2D eigenvalue weighted by Crippen LogP contribution is -2.26. The Bertz CT molecular complexity index is 591. The predicted molar refractivity (Wildman–Crippen MR) is 82.8 cm³/mol. The van der Waals surface area contributed by atoms with E-state index in [0.717, 1.165) is 11.1 Å². The Morgan fingerprint density at radius 2 is 1.40 bits per heavy atom. The summed E-state index contributed by atoms with van der Waals surface area (Å²) < 4.78 is 32.4. The molecule has 0 radical (unpaired) electrons. The van der Waals surface area contributed by atoms with Gasteiger partial charge in [-0.15, -0.1) is 0 Å².